The maximum atomic E-state index is 12.9. The quantitative estimate of drug-likeness (QED) is 0.904. The summed E-state index contributed by atoms with van der Waals surface area (Å²) < 4.78 is 38.6. The predicted molar refractivity (Wildman–Crippen MR) is 71.5 cm³/mol. The van der Waals surface area contributed by atoms with E-state index >= 15 is 0 Å². The van der Waals surface area contributed by atoms with E-state index in [1.807, 2.05) is 11.8 Å². The van der Waals surface area contributed by atoms with Crippen LogP contribution in [0.2, 0.25) is 0 Å². The van der Waals surface area contributed by atoms with Gasteiger partial charge in [-0.15, -0.1) is 0 Å². The van der Waals surface area contributed by atoms with Crippen molar-refractivity contribution in [3.63, 3.8) is 0 Å². The Bertz CT molecular complexity index is 430. The summed E-state index contributed by atoms with van der Waals surface area (Å²) in [5.41, 5.74) is 0.966. The molecule has 0 saturated carbocycles. The third kappa shape index (κ3) is 3.45. The predicted octanol–water partition coefficient (Wildman–Crippen LogP) is 4.12. The number of hydrogen-bond acceptors (Lipinski definition) is 2. The van der Waals surface area contributed by atoms with Gasteiger partial charge in [-0.05, 0) is 43.5 Å². The highest BCUT2D eigenvalue weighted by Crippen LogP contribution is 2.37. The third-order valence-electron chi connectivity index (χ3n) is 4.02. The summed E-state index contributed by atoms with van der Waals surface area (Å²) in [6.07, 6.45) is -2.54. The van der Waals surface area contributed by atoms with Crippen LogP contribution >= 0.6 is 0 Å². The maximum absolute atomic E-state index is 12.9. The van der Waals surface area contributed by atoms with Crippen LogP contribution in [0.15, 0.2) is 24.3 Å². The van der Waals surface area contributed by atoms with Crippen LogP contribution < -0.4 is 0 Å². The Balaban J connectivity index is 2.13. The van der Waals surface area contributed by atoms with E-state index in [1.54, 1.807) is 24.3 Å². The molecular weight excluding hydrogens is 267 g/mol. The van der Waals surface area contributed by atoms with Gasteiger partial charge in [0.2, 0.25) is 0 Å². The number of hydrogen-bond donors (Lipinski definition) is 1. The molecule has 0 aromatic heterocycles. The second-order valence-corrected chi connectivity index (χ2v) is 5.39. The molecule has 2 atom stereocenters. The zero-order chi connectivity index (χ0) is 14.8. The van der Waals surface area contributed by atoms with Crippen LogP contribution in [0.3, 0.4) is 0 Å². The number of likely N-dealkylation sites (tertiary alicyclic amines) is 1. The highest BCUT2D eigenvalue weighted by molar-refractivity contribution is 5.28. The second kappa shape index (κ2) is 6.04. The van der Waals surface area contributed by atoms with Gasteiger partial charge in [-0.25, -0.2) is 0 Å². The van der Waals surface area contributed by atoms with Crippen LogP contribution in [0.1, 0.15) is 37.8 Å². The number of piperidine rings is 1. The number of nitrogens with zero attached hydrogens (tertiary/aromatic N) is 1. The van der Waals surface area contributed by atoms with Crippen molar-refractivity contribution in [1.82, 2.24) is 4.90 Å². The lowest BCUT2D eigenvalue weighted by Crippen LogP contribution is -2.43. The summed E-state index contributed by atoms with van der Waals surface area (Å²) >= 11 is 0. The Kier molecular flexibility index (Phi) is 4.58. The number of phenols is 1. The van der Waals surface area contributed by atoms with Crippen molar-refractivity contribution in [3.05, 3.63) is 29.8 Å². The number of benzene rings is 1. The maximum Gasteiger partial charge on any atom is 0.393 e. The van der Waals surface area contributed by atoms with Gasteiger partial charge in [-0.1, -0.05) is 19.1 Å². The SMILES string of the molecule is CCC(c1ccc(O)cc1)N1CCCC(C(F)(F)F)C1. The van der Waals surface area contributed by atoms with Gasteiger partial charge in [-0.2, -0.15) is 13.2 Å². The molecule has 1 N–H and O–H groups in total. The fourth-order valence-electron chi connectivity index (χ4n) is 2.96. The summed E-state index contributed by atoms with van der Waals surface area (Å²) in [6.45, 7) is 2.75. The van der Waals surface area contributed by atoms with Crippen LogP contribution in [-0.4, -0.2) is 29.3 Å². The van der Waals surface area contributed by atoms with Crippen LogP contribution in [0.25, 0.3) is 0 Å². The summed E-state index contributed by atoms with van der Waals surface area (Å²) in [7, 11) is 0. The first-order valence-electron chi connectivity index (χ1n) is 7.01. The summed E-state index contributed by atoms with van der Waals surface area (Å²) in [5, 5.41) is 9.31. The minimum absolute atomic E-state index is 0.0132. The number of alkyl halides is 3. The van der Waals surface area contributed by atoms with Crippen LogP contribution in [0, 0.1) is 5.92 Å². The lowest BCUT2D eigenvalue weighted by Gasteiger charge is -2.38. The smallest absolute Gasteiger partial charge is 0.393 e. The normalized spacial score (nSPS) is 22.7. The van der Waals surface area contributed by atoms with Crippen molar-refractivity contribution in [2.75, 3.05) is 13.1 Å². The molecule has 1 fully saturated rings. The van der Waals surface area contributed by atoms with E-state index in [1.165, 1.54) is 0 Å². The lowest BCUT2D eigenvalue weighted by atomic mass is 9.93. The molecule has 2 nitrogen and oxygen atoms in total. The highest BCUT2D eigenvalue weighted by atomic mass is 19.4. The van der Waals surface area contributed by atoms with Gasteiger partial charge in [0.15, 0.2) is 0 Å². The van der Waals surface area contributed by atoms with E-state index in [-0.39, 0.29) is 24.8 Å². The number of aromatic hydroxyl groups is 1. The van der Waals surface area contributed by atoms with Gasteiger partial charge < -0.3 is 5.11 Å². The van der Waals surface area contributed by atoms with E-state index in [0.29, 0.717) is 13.0 Å². The molecule has 20 heavy (non-hydrogen) atoms. The molecule has 0 aliphatic carbocycles. The fourth-order valence-corrected chi connectivity index (χ4v) is 2.96. The standard InChI is InChI=1S/C15H20F3NO/c1-2-14(11-5-7-13(20)8-6-11)19-9-3-4-12(10-19)15(16,17)18/h5-8,12,14,20H,2-4,9-10H2,1H3. The van der Waals surface area contributed by atoms with Gasteiger partial charge >= 0.3 is 6.18 Å². The molecule has 2 unspecified atom stereocenters. The van der Waals surface area contributed by atoms with Crippen molar-refractivity contribution in [2.24, 2.45) is 5.92 Å². The lowest BCUT2D eigenvalue weighted by molar-refractivity contribution is -0.188. The van der Waals surface area contributed by atoms with Crippen LogP contribution in [0.5, 0.6) is 5.75 Å². The first-order valence-corrected chi connectivity index (χ1v) is 7.01. The Morgan fingerprint density at radius 2 is 1.95 bits per heavy atom. The fraction of sp³-hybridized carbons (Fsp3) is 0.600. The molecule has 0 bridgehead atoms. The molecule has 2 rings (SSSR count). The summed E-state index contributed by atoms with van der Waals surface area (Å²) in [4.78, 5) is 1.92. The van der Waals surface area contributed by atoms with Crippen LogP contribution in [0.4, 0.5) is 13.2 Å². The minimum Gasteiger partial charge on any atom is -0.508 e. The largest absolute Gasteiger partial charge is 0.508 e. The third-order valence-corrected chi connectivity index (χ3v) is 4.02. The van der Waals surface area contributed by atoms with Gasteiger partial charge in [0, 0.05) is 12.6 Å². The van der Waals surface area contributed by atoms with Crippen molar-refractivity contribution >= 4 is 0 Å². The second-order valence-electron chi connectivity index (χ2n) is 5.39. The van der Waals surface area contributed by atoms with Gasteiger partial charge in [-0.3, -0.25) is 4.90 Å². The summed E-state index contributed by atoms with van der Waals surface area (Å²) in [5.74, 6) is -1.04. The molecule has 1 aromatic rings. The monoisotopic (exact) mass is 287 g/mol. The molecule has 0 amide bonds. The molecule has 0 spiro atoms. The topological polar surface area (TPSA) is 23.5 Å². The van der Waals surface area contributed by atoms with E-state index in [9.17, 15) is 18.3 Å². The van der Waals surface area contributed by atoms with Gasteiger partial charge in [0.05, 0.1) is 5.92 Å². The molecule has 1 heterocycles. The highest BCUT2D eigenvalue weighted by Gasteiger charge is 2.42. The molecule has 0 radical (unpaired) electrons. The zero-order valence-corrected chi connectivity index (χ0v) is 11.5. The zero-order valence-electron chi connectivity index (χ0n) is 11.5. The van der Waals surface area contributed by atoms with Gasteiger partial charge in [0.1, 0.15) is 5.75 Å². The van der Waals surface area contributed by atoms with Crippen molar-refractivity contribution in [3.8, 4) is 5.75 Å². The van der Waals surface area contributed by atoms with E-state index in [4.69, 9.17) is 0 Å². The first-order chi connectivity index (χ1) is 9.41. The van der Waals surface area contributed by atoms with E-state index in [0.717, 1.165) is 12.0 Å². The Labute approximate surface area is 117 Å². The Hall–Kier alpha value is -1.23. The molecule has 1 aliphatic heterocycles. The molecule has 1 aromatic carbocycles. The molecular formula is C15H20F3NO. The van der Waals surface area contributed by atoms with Gasteiger partial charge in [0.25, 0.3) is 0 Å². The minimum atomic E-state index is -4.11. The number of halogens is 3. The van der Waals surface area contributed by atoms with E-state index in [2.05, 4.69) is 0 Å². The average Bonchev–Trinajstić information content (AvgIpc) is 2.41. The van der Waals surface area contributed by atoms with Crippen molar-refractivity contribution in [1.29, 1.82) is 0 Å². The van der Waals surface area contributed by atoms with Crippen molar-refractivity contribution < 1.29 is 18.3 Å². The first kappa shape index (κ1) is 15.2. The average molecular weight is 287 g/mol. The molecule has 1 saturated heterocycles. The Morgan fingerprint density at radius 1 is 1.30 bits per heavy atom. The number of rotatable bonds is 3. The Morgan fingerprint density at radius 3 is 2.50 bits per heavy atom. The van der Waals surface area contributed by atoms with Crippen molar-refractivity contribution in [2.45, 2.75) is 38.4 Å². The molecule has 112 valence electrons. The van der Waals surface area contributed by atoms with E-state index < -0.39 is 12.1 Å². The van der Waals surface area contributed by atoms with Crippen LogP contribution in [-0.2, 0) is 0 Å². The number of phenolic OH excluding ortho intramolecular Hbond substituents is 1. The molecule has 1 aliphatic rings. The molecule has 5 heteroatoms. The summed E-state index contributed by atoms with van der Waals surface area (Å²) in [6, 6.07) is 6.74.